The number of aromatic nitrogens is 2. The average molecular weight is 288 g/mol. The van der Waals surface area contributed by atoms with E-state index in [1.165, 1.54) is 5.56 Å². The summed E-state index contributed by atoms with van der Waals surface area (Å²) < 4.78 is 1.89. The fraction of sp³-hybridized carbons (Fsp3) is 0.333. The van der Waals surface area contributed by atoms with Gasteiger partial charge in [-0.05, 0) is 38.0 Å². The fourth-order valence-corrected chi connectivity index (χ4v) is 2.15. The van der Waals surface area contributed by atoms with Crippen molar-refractivity contribution in [2.45, 2.75) is 26.8 Å². The molecule has 0 saturated carbocycles. The summed E-state index contributed by atoms with van der Waals surface area (Å²) in [4.78, 5) is 0. The van der Waals surface area contributed by atoms with Gasteiger partial charge in [0.25, 0.3) is 0 Å². The Labute approximate surface area is 125 Å². The highest BCUT2D eigenvalue weighted by molar-refractivity contribution is 7.80. The van der Waals surface area contributed by atoms with Crippen molar-refractivity contribution in [2.24, 2.45) is 0 Å². The summed E-state index contributed by atoms with van der Waals surface area (Å²) in [5.41, 5.74) is 3.22. The van der Waals surface area contributed by atoms with E-state index in [2.05, 4.69) is 46.9 Å². The molecule has 5 heteroatoms. The van der Waals surface area contributed by atoms with Gasteiger partial charge in [-0.2, -0.15) is 5.10 Å². The first-order valence-electron chi connectivity index (χ1n) is 6.82. The Balaban J connectivity index is 1.79. The van der Waals surface area contributed by atoms with E-state index >= 15 is 0 Å². The van der Waals surface area contributed by atoms with Crippen LogP contribution < -0.4 is 10.6 Å². The van der Waals surface area contributed by atoms with Crippen molar-refractivity contribution >= 4 is 23.0 Å². The molecule has 0 aliphatic carbocycles. The molecule has 2 rings (SSSR count). The molecule has 20 heavy (non-hydrogen) atoms. The molecular formula is C15H20N4S. The maximum atomic E-state index is 5.30. The molecule has 0 unspecified atom stereocenters. The lowest BCUT2D eigenvalue weighted by atomic mass is 10.1. The molecule has 0 fully saturated rings. The Morgan fingerprint density at radius 1 is 1.30 bits per heavy atom. The predicted molar refractivity (Wildman–Crippen MR) is 87.0 cm³/mol. The molecule has 1 heterocycles. The van der Waals surface area contributed by atoms with Gasteiger partial charge < -0.3 is 10.6 Å². The van der Waals surface area contributed by atoms with E-state index in [1.807, 2.05) is 23.9 Å². The first kappa shape index (κ1) is 14.5. The minimum atomic E-state index is 0.639. The lowest BCUT2D eigenvalue weighted by Crippen LogP contribution is -2.30. The molecule has 4 nitrogen and oxygen atoms in total. The Morgan fingerprint density at radius 2 is 2.05 bits per heavy atom. The van der Waals surface area contributed by atoms with Crippen LogP contribution in [0.15, 0.2) is 36.5 Å². The quantitative estimate of drug-likeness (QED) is 0.830. The molecule has 0 spiro atoms. The highest BCUT2D eigenvalue weighted by Crippen LogP contribution is 2.11. The smallest absolute Gasteiger partial charge is 0.170 e. The van der Waals surface area contributed by atoms with Crippen LogP contribution >= 0.6 is 12.2 Å². The largest absolute Gasteiger partial charge is 0.362 e. The normalized spacial score (nSPS) is 10.3. The fourth-order valence-electron chi connectivity index (χ4n) is 1.93. The molecule has 0 amide bonds. The van der Waals surface area contributed by atoms with Crippen LogP contribution in [0.5, 0.6) is 0 Å². The van der Waals surface area contributed by atoms with Gasteiger partial charge in [-0.3, -0.25) is 4.68 Å². The Kier molecular flexibility index (Phi) is 5.12. The van der Waals surface area contributed by atoms with Gasteiger partial charge in [0, 0.05) is 19.3 Å². The molecule has 0 aliphatic heterocycles. The number of nitrogens with zero attached hydrogens (tertiary/aromatic N) is 2. The summed E-state index contributed by atoms with van der Waals surface area (Å²) in [6, 6.07) is 10.4. The van der Waals surface area contributed by atoms with E-state index < -0.39 is 0 Å². The van der Waals surface area contributed by atoms with Crippen molar-refractivity contribution in [3.63, 3.8) is 0 Å². The number of thiocarbonyl (C=S) groups is 1. The van der Waals surface area contributed by atoms with Gasteiger partial charge in [-0.15, -0.1) is 0 Å². The SMILES string of the molecule is CCn1cc(NC(=S)NCCc2ccccc2)c(C)n1. The highest BCUT2D eigenvalue weighted by atomic mass is 32.1. The highest BCUT2D eigenvalue weighted by Gasteiger charge is 2.05. The third kappa shape index (κ3) is 4.06. The molecule has 1 aromatic heterocycles. The monoisotopic (exact) mass is 288 g/mol. The van der Waals surface area contributed by atoms with Gasteiger partial charge >= 0.3 is 0 Å². The zero-order valence-corrected chi connectivity index (χ0v) is 12.7. The standard InChI is InChI=1S/C15H20N4S/c1-3-19-11-14(12(2)18-19)17-15(20)16-10-9-13-7-5-4-6-8-13/h4-8,11H,3,9-10H2,1-2H3,(H2,16,17,20). The summed E-state index contributed by atoms with van der Waals surface area (Å²) in [6.07, 6.45) is 2.93. The molecule has 2 aromatic rings. The number of nitrogens with one attached hydrogen (secondary N) is 2. The predicted octanol–water partition coefficient (Wildman–Crippen LogP) is 2.74. The van der Waals surface area contributed by atoms with Gasteiger partial charge in [0.15, 0.2) is 5.11 Å². The second-order valence-electron chi connectivity index (χ2n) is 4.60. The van der Waals surface area contributed by atoms with Gasteiger partial charge in [0.2, 0.25) is 0 Å². The maximum Gasteiger partial charge on any atom is 0.170 e. The maximum absolute atomic E-state index is 5.30. The number of anilines is 1. The van der Waals surface area contributed by atoms with Crippen LogP contribution in [0.2, 0.25) is 0 Å². The molecule has 1 aromatic carbocycles. The number of aryl methyl sites for hydroxylation is 2. The van der Waals surface area contributed by atoms with Crippen LogP contribution in [-0.2, 0) is 13.0 Å². The number of benzene rings is 1. The van der Waals surface area contributed by atoms with Crippen molar-refractivity contribution in [3.05, 3.63) is 47.8 Å². The topological polar surface area (TPSA) is 41.9 Å². The molecule has 106 valence electrons. The lowest BCUT2D eigenvalue weighted by Gasteiger charge is -2.09. The number of hydrogen-bond acceptors (Lipinski definition) is 2. The molecule has 0 aliphatic rings. The van der Waals surface area contributed by atoms with Crippen LogP contribution in [0.3, 0.4) is 0 Å². The van der Waals surface area contributed by atoms with Gasteiger partial charge in [0.1, 0.15) is 0 Å². The van der Waals surface area contributed by atoms with E-state index in [0.29, 0.717) is 5.11 Å². The third-order valence-corrected chi connectivity index (χ3v) is 3.31. The number of rotatable bonds is 5. The average Bonchev–Trinajstić information content (AvgIpc) is 2.80. The van der Waals surface area contributed by atoms with Crippen LogP contribution in [0.1, 0.15) is 18.2 Å². The Morgan fingerprint density at radius 3 is 2.70 bits per heavy atom. The van der Waals surface area contributed by atoms with Crippen molar-refractivity contribution in [2.75, 3.05) is 11.9 Å². The Hall–Kier alpha value is -1.88. The second-order valence-corrected chi connectivity index (χ2v) is 5.01. The van der Waals surface area contributed by atoms with Crippen LogP contribution in [0.4, 0.5) is 5.69 Å². The zero-order valence-electron chi connectivity index (χ0n) is 11.9. The minimum Gasteiger partial charge on any atom is -0.362 e. The minimum absolute atomic E-state index is 0.639. The summed E-state index contributed by atoms with van der Waals surface area (Å²) >= 11 is 5.30. The third-order valence-electron chi connectivity index (χ3n) is 3.06. The van der Waals surface area contributed by atoms with Crippen LogP contribution in [0.25, 0.3) is 0 Å². The number of hydrogen-bond donors (Lipinski definition) is 2. The van der Waals surface area contributed by atoms with E-state index in [9.17, 15) is 0 Å². The lowest BCUT2D eigenvalue weighted by molar-refractivity contribution is 0.653. The van der Waals surface area contributed by atoms with E-state index in [0.717, 1.165) is 30.9 Å². The summed E-state index contributed by atoms with van der Waals surface area (Å²) in [7, 11) is 0. The zero-order chi connectivity index (χ0) is 14.4. The summed E-state index contributed by atoms with van der Waals surface area (Å²) in [6.45, 7) is 5.71. The molecule has 0 atom stereocenters. The molecule has 0 saturated heterocycles. The van der Waals surface area contributed by atoms with Crippen LogP contribution in [0, 0.1) is 6.92 Å². The molecular weight excluding hydrogens is 268 g/mol. The van der Waals surface area contributed by atoms with E-state index in [4.69, 9.17) is 12.2 Å². The van der Waals surface area contributed by atoms with Crippen molar-refractivity contribution in [1.82, 2.24) is 15.1 Å². The second kappa shape index (κ2) is 7.05. The molecule has 2 N–H and O–H groups in total. The van der Waals surface area contributed by atoms with E-state index in [-0.39, 0.29) is 0 Å². The van der Waals surface area contributed by atoms with Crippen molar-refractivity contribution in [3.8, 4) is 0 Å². The Bertz CT molecular complexity index is 563. The van der Waals surface area contributed by atoms with E-state index in [1.54, 1.807) is 0 Å². The van der Waals surface area contributed by atoms with Gasteiger partial charge in [-0.25, -0.2) is 0 Å². The van der Waals surface area contributed by atoms with Crippen molar-refractivity contribution in [1.29, 1.82) is 0 Å². The van der Waals surface area contributed by atoms with Gasteiger partial charge in [-0.1, -0.05) is 30.3 Å². The van der Waals surface area contributed by atoms with Crippen LogP contribution in [-0.4, -0.2) is 21.4 Å². The summed E-state index contributed by atoms with van der Waals surface area (Å²) in [5, 5.41) is 11.4. The molecule has 0 radical (unpaired) electrons. The van der Waals surface area contributed by atoms with Gasteiger partial charge in [0.05, 0.1) is 11.4 Å². The summed E-state index contributed by atoms with van der Waals surface area (Å²) in [5.74, 6) is 0. The van der Waals surface area contributed by atoms with Crippen molar-refractivity contribution < 1.29 is 0 Å². The molecule has 0 bridgehead atoms. The first-order chi connectivity index (χ1) is 9.69. The first-order valence-corrected chi connectivity index (χ1v) is 7.22.